The quantitative estimate of drug-likeness (QED) is 0.745. The van der Waals surface area contributed by atoms with Gasteiger partial charge in [-0.3, -0.25) is 9.59 Å². The van der Waals surface area contributed by atoms with E-state index in [1.807, 2.05) is 17.0 Å². The summed E-state index contributed by atoms with van der Waals surface area (Å²) in [6, 6.07) is 9.42. The first kappa shape index (κ1) is 17.4. The number of nitrogens with zero attached hydrogens (tertiary/aromatic N) is 2. The molecule has 1 amide bonds. The molecule has 0 bridgehead atoms. The topological polar surface area (TPSA) is 70.4 Å². The molecule has 2 rings (SSSR count). The molecule has 1 saturated heterocycles. The Bertz CT molecular complexity index is 595. The highest BCUT2D eigenvalue weighted by Crippen LogP contribution is 2.23. The summed E-state index contributed by atoms with van der Waals surface area (Å²) >= 11 is 1.56. The van der Waals surface area contributed by atoms with Crippen molar-refractivity contribution in [2.24, 2.45) is 0 Å². The highest BCUT2D eigenvalue weighted by atomic mass is 32.2. The van der Waals surface area contributed by atoms with E-state index in [1.54, 1.807) is 23.9 Å². The van der Waals surface area contributed by atoms with Gasteiger partial charge in [0.2, 0.25) is 5.91 Å². The Morgan fingerprint density at radius 2 is 2.13 bits per heavy atom. The maximum atomic E-state index is 12.3. The van der Waals surface area contributed by atoms with Gasteiger partial charge in [-0.05, 0) is 30.5 Å². The molecule has 1 aromatic rings. The third-order valence-electron chi connectivity index (χ3n) is 3.87. The molecule has 1 atom stereocenters. The maximum absolute atomic E-state index is 12.3. The Hall–Kier alpha value is -2.00. The number of amides is 1. The van der Waals surface area contributed by atoms with Crippen LogP contribution in [0.5, 0.6) is 0 Å². The van der Waals surface area contributed by atoms with Crippen molar-refractivity contribution in [3.8, 4) is 6.07 Å². The van der Waals surface area contributed by atoms with Crippen LogP contribution in [0.3, 0.4) is 0 Å². The minimum Gasteiger partial charge on any atom is -0.468 e. The summed E-state index contributed by atoms with van der Waals surface area (Å²) < 4.78 is 4.63. The molecular weight excluding hydrogens is 312 g/mol. The van der Waals surface area contributed by atoms with Crippen LogP contribution in [-0.4, -0.2) is 48.0 Å². The van der Waals surface area contributed by atoms with Crippen LogP contribution in [0.15, 0.2) is 24.3 Å². The smallest absolute Gasteiger partial charge is 0.315 e. The van der Waals surface area contributed by atoms with E-state index in [4.69, 9.17) is 5.26 Å². The van der Waals surface area contributed by atoms with Crippen molar-refractivity contribution >= 4 is 23.6 Å². The van der Waals surface area contributed by atoms with Crippen molar-refractivity contribution in [1.29, 1.82) is 5.26 Å². The number of carbonyl (C=O) groups is 2. The molecule has 0 aromatic heterocycles. The van der Waals surface area contributed by atoms with E-state index in [9.17, 15) is 9.59 Å². The second-order valence-corrected chi connectivity index (χ2v) is 6.73. The van der Waals surface area contributed by atoms with Gasteiger partial charge in [0, 0.05) is 24.8 Å². The van der Waals surface area contributed by atoms with Crippen molar-refractivity contribution in [2.75, 3.05) is 26.0 Å². The van der Waals surface area contributed by atoms with Crippen LogP contribution < -0.4 is 0 Å². The van der Waals surface area contributed by atoms with Crippen LogP contribution in [0.1, 0.15) is 24.0 Å². The zero-order valence-electron chi connectivity index (χ0n) is 13.2. The van der Waals surface area contributed by atoms with Crippen LogP contribution in [-0.2, 0) is 20.7 Å². The summed E-state index contributed by atoms with van der Waals surface area (Å²) in [6.07, 6.45) is 2.07. The van der Waals surface area contributed by atoms with E-state index < -0.39 is 0 Å². The molecule has 122 valence electrons. The van der Waals surface area contributed by atoms with Gasteiger partial charge in [0.1, 0.15) is 0 Å². The monoisotopic (exact) mass is 332 g/mol. The highest BCUT2D eigenvalue weighted by molar-refractivity contribution is 8.00. The molecule has 0 spiro atoms. The van der Waals surface area contributed by atoms with E-state index in [-0.39, 0.29) is 11.9 Å². The van der Waals surface area contributed by atoms with Crippen LogP contribution in [0, 0.1) is 11.3 Å². The fourth-order valence-corrected chi connectivity index (χ4v) is 3.54. The number of carbonyl (C=O) groups excluding carboxylic acids is 2. The number of benzene rings is 1. The number of hydrogen-bond donors (Lipinski definition) is 0. The molecule has 1 fully saturated rings. The molecule has 6 heteroatoms. The van der Waals surface area contributed by atoms with Crippen molar-refractivity contribution in [1.82, 2.24) is 4.90 Å². The summed E-state index contributed by atoms with van der Waals surface area (Å²) in [5.41, 5.74) is 1.69. The van der Waals surface area contributed by atoms with E-state index in [0.717, 1.165) is 18.5 Å². The molecule has 5 nitrogen and oxygen atoms in total. The van der Waals surface area contributed by atoms with E-state index in [1.165, 1.54) is 7.11 Å². The summed E-state index contributed by atoms with van der Waals surface area (Å²) in [5.74, 6) is 0.269. The molecule has 0 N–H and O–H groups in total. The molecule has 1 aliphatic heterocycles. The average Bonchev–Trinajstić information content (AvgIpc) is 3.07. The van der Waals surface area contributed by atoms with Crippen LogP contribution in [0.25, 0.3) is 0 Å². The van der Waals surface area contributed by atoms with Gasteiger partial charge in [0.05, 0.1) is 24.5 Å². The number of ether oxygens (including phenoxy) is 1. The third kappa shape index (κ3) is 5.29. The minimum absolute atomic E-state index is 0.149. The highest BCUT2D eigenvalue weighted by Gasteiger charge is 2.26. The molecule has 0 radical (unpaired) electrons. The number of rotatable bonds is 6. The number of methoxy groups -OCH3 is 1. The Labute approximate surface area is 140 Å². The van der Waals surface area contributed by atoms with Gasteiger partial charge in [0.15, 0.2) is 0 Å². The molecule has 1 aromatic carbocycles. The largest absolute Gasteiger partial charge is 0.468 e. The Kier molecular flexibility index (Phi) is 6.48. The first-order valence-corrected chi connectivity index (χ1v) is 8.62. The fraction of sp³-hybridized carbons (Fsp3) is 0.471. The Balaban J connectivity index is 1.74. The van der Waals surface area contributed by atoms with Crippen LogP contribution in [0.4, 0.5) is 0 Å². The lowest BCUT2D eigenvalue weighted by atomic mass is 10.1. The lowest BCUT2D eigenvalue weighted by Gasteiger charge is -2.16. The van der Waals surface area contributed by atoms with Gasteiger partial charge < -0.3 is 9.64 Å². The van der Waals surface area contributed by atoms with Gasteiger partial charge >= 0.3 is 5.97 Å². The minimum atomic E-state index is -0.222. The second-order valence-electron chi connectivity index (χ2n) is 5.45. The average molecular weight is 332 g/mol. The normalized spacial score (nSPS) is 16.9. The van der Waals surface area contributed by atoms with Crippen molar-refractivity contribution < 1.29 is 14.3 Å². The number of esters is 1. The first-order chi connectivity index (χ1) is 11.1. The summed E-state index contributed by atoms with van der Waals surface area (Å²) in [7, 11) is 1.39. The number of aryl methyl sites for hydroxylation is 1. The summed E-state index contributed by atoms with van der Waals surface area (Å²) in [4.78, 5) is 25.3. The zero-order chi connectivity index (χ0) is 16.7. The Morgan fingerprint density at radius 3 is 2.78 bits per heavy atom. The predicted octanol–water partition coefficient (Wildman–Crippen LogP) is 2.00. The lowest BCUT2D eigenvalue weighted by molar-refractivity contribution is -0.137. The molecule has 1 aliphatic rings. The molecule has 1 heterocycles. The fourth-order valence-electron chi connectivity index (χ4n) is 2.49. The zero-order valence-corrected chi connectivity index (χ0v) is 14.0. The molecule has 0 unspecified atom stereocenters. The summed E-state index contributed by atoms with van der Waals surface area (Å²) in [5, 5.41) is 9.08. The van der Waals surface area contributed by atoms with Crippen LogP contribution >= 0.6 is 11.8 Å². The second kappa shape index (κ2) is 8.59. The van der Waals surface area contributed by atoms with Crippen molar-refractivity contribution in [3.05, 3.63) is 35.4 Å². The standard InChI is InChI=1S/C17H20N2O3S/c1-22-17(21)12-23-15-8-9-19(11-15)16(20)7-6-13-2-4-14(10-18)5-3-13/h2-5,15H,6-9,11-12H2,1H3/t15-/m1/s1. The van der Waals surface area contributed by atoms with Crippen LogP contribution in [0.2, 0.25) is 0 Å². The number of nitriles is 1. The van der Waals surface area contributed by atoms with Crippen molar-refractivity contribution in [3.63, 3.8) is 0 Å². The number of hydrogen-bond acceptors (Lipinski definition) is 5. The SMILES string of the molecule is COC(=O)CS[C@@H]1CCN(C(=O)CCc2ccc(C#N)cc2)C1. The molecule has 0 saturated carbocycles. The molecular formula is C17H20N2O3S. The molecule has 23 heavy (non-hydrogen) atoms. The van der Waals surface area contributed by atoms with Gasteiger partial charge in [-0.1, -0.05) is 12.1 Å². The lowest BCUT2D eigenvalue weighted by Crippen LogP contribution is -2.29. The first-order valence-electron chi connectivity index (χ1n) is 7.57. The van der Waals surface area contributed by atoms with E-state index >= 15 is 0 Å². The molecule has 0 aliphatic carbocycles. The predicted molar refractivity (Wildman–Crippen MR) is 88.9 cm³/mol. The number of likely N-dealkylation sites (tertiary alicyclic amines) is 1. The maximum Gasteiger partial charge on any atom is 0.315 e. The van der Waals surface area contributed by atoms with E-state index in [0.29, 0.717) is 36.0 Å². The van der Waals surface area contributed by atoms with Crippen molar-refractivity contribution in [2.45, 2.75) is 24.5 Å². The number of thioether (sulfide) groups is 1. The van der Waals surface area contributed by atoms with E-state index in [2.05, 4.69) is 10.8 Å². The third-order valence-corrected chi connectivity index (χ3v) is 5.13. The summed E-state index contributed by atoms with van der Waals surface area (Å²) in [6.45, 7) is 1.46. The van der Waals surface area contributed by atoms with Gasteiger partial charge in [0.25, 0.3) is 0 Å². The van der Waals surface area contributed by atoms with Gasteiger partial charge in [-0.25, -0.2) is 0 Å². The van der Waals surface area contributed by atoms with Gasteiger partial charge in [-0.2, -0.15) is 5.26 Å². The Morgan fingerprint density at radius 1 is 1.39 bits per heavy atom. The van der Waals surface area contributed by atoms with Gasteiger partial charge in [-0.15, -0.1) is 11.8 Å².